The Hall–Kier alpha value is -1.97. The van der Waals surface area contributed by atoms with Crippen molar-refractivity contribution in [2.45, 2.75) is 12.8 Å². The van der Waals surface area contributed by atoms with Crippen molar-refractivity contribution in [2.24, 2.45) is 0 Å². The highest BCUT2D eigenvalue weighted by Crippen LogP contribution is 2.31. The molecule has 0 spiro atoms. The van der Waals surface area contributed by atoms with Crippen LogP contribution in [0.4, 0.5) is 18.9 Å². The smallest absolute Gasteiger partial charge is 0.195 e. The van der Waals surface area contributed by atoms with E-state index in [4.69, 9.17) is 0 Å². The van der Waals surface area contributed by atoms with E-state index < -0.39 is 17.5 Å². The van der Waals surface area contributed by atoms with E-state index in [1.165, 1.54) is 6.07 Å². The zero-order chi connectivity index (χ0) is 13.4. The fourth-order valence-corrected chi connectivity index (χ4v) is 2.39. The second-order valence-electron chi connectivity index (χ2n) is 4.63. The van der Waals surface area contributed by atoms with Crippen molar-refractivity contribution in [2.75, 3.05) is 11.9 Å². The van der Waals surface area contributed by atoms with Gasteiger partial charge in [-0.3, -0.25) is 0 Å². The summed E-state index contributed by atoms with van der Waals surface area (Å²) >= 11 is 0. The van der Waals surface area contributed by atoms with Crippen molar-refractivity contribution in [3.05, 3.63) is 53.3 Å². The van der Waals surface area contributed by atoms with Crippen LogP contribution in [0.2, 0.25) is 0 Å². The summed E-state index contributed by atoms with van der Waals surface area (Å²) in [7, 11) is 0. The lowest BCUT2D eigenvalue weighted by molar-refractivity contribution is 0.449. The molecule has 0 atom stereocenters. The lowest BCUT2D eigenvalue weighted by Crippen LogP contribution is -2.11. The van der Waals surface area contributed by atoms with Gasteiger partial charge in [-0.2, -0.15) is 0 Å². The Bertz CT molecular complexity index is 638. The number of nitrogens with one attached hydrogen (secondary N) is 1. The molecule has 2 aromatic rings. The summed E-state index contributed by atoms with van der Waals surface area (Å²) in [6, 6.07) is 7.62. The first-order valence-corrected chi connectivity index (χ1v) is 6.17. The Kier molecular flexibility index (Phi) is 2.93. The highest BCUT2D eigenvalue weighted by atomic mass is 19.2. The first kappa shape index (κ1) is 12.1. The monoisotopic (exact) mass is 263 g/mol. The van der Waals surface area contributed by atoms with E-state index in [0.717, 1.165) is 36.7 Å². The van der Waals surface area contributed by atoms with E-state index in [2.05, 4.69) is 5.32 Å². The molecule has 1 nitrogen and oxygen atoms in total. The van der Waals surface area contributed by atoms with Crippen LogP contribution < -0.4 is 5.32 Å². The Labute approximate surface area is 109 Å². The summed E-state index contributed by atoms with van der Waals surface area (Å²) in [5.41, 5.74) is 2.76. The zero-order valence-corrected chi connectivity index (χ0v) is 10.1. The largest absolute Gasteiger partial charge is 0.385 e. The van der Waals surface area contributed by atoms with Crippen LogP contribution in [-0.4, -0.2) is 6.54 Å². The number of aryl methyl sites for hydroxylation is 1. The second kappa shape index (κ2) is 4.61. The van der Waals surface area contributed by atoms with Crippen LogP contribution in [0.5, 0.6) is 0 Å². The normalized spacial score (nSPS) is 13.8. The molecule has 3 rings (SSSR count). The minimum absolute atomic E-state index is 0.0901. The number of benzene rings is 2. The van der Waals surface area contributed by atoms with Gasteiger partial charge in [0.15, 0.2) is 17.5 Å². The maximum atomic E-state index is 13.7. The van der Waals surface area contributed by atoms with E-state index in [-0.39, 0.29) is 5.56 Å². The van der Waals surface area contributed by atoms with Gasteiger partial charge in [0.25, 0.3) is 0 Å². The molecule has 98 valence electrons. The molecule has 1 aliphatic rings. The highest BCUT2D eigenvalue weighted by Gasteiger charge is 2.16. The Morgan fingerprint density at radius 3 is 2.63 bits per heavy atom. The molecule has 0 saturated heterocycles. The number of fused-ring (bicyclic) bond motifs is 1. The summed E-state index contributed by atoms with van der Waals surface area (Å²) < 4.78 is 39.9. The molecule has 0 fully saturated rings. The molecule has 1 aliphatic heterocycles. The van der Waals surface area contributed by atoms with E-state index in [1.807, 2.05) is 12.1 Å². The molecule has 0 saturated carbocycles. The molecule has 1 N–H and O–H groups in total. The predicted octanol–water partition coefficient (Wildman–Crippen LogP) is 4.13. The van der Waals surface area contributed by atoms with Crippen LogP contribution in [0.25, 0.3) is 11.1 Å². The lowest BCUT2D eigenvalue weighted by Gasteiger charge is -2.19. The molecule has 0 aliphatic carbocycles. The highest BCUT2D eigenvalue weighted by molar-refractivity contribution is 5.69. The SMILES string of the molecule is Fc1ccc(-c2ccc3c(c2)CCCN3)c(F)c1F. The topological polar surface area (TPSA) is 12.0 Å². The second-order valence-corrected chi connectivity index (χ2v) is 4.63. The Morgan fingerprint density at radius 1 is 0.947 bits per heavy atom. The summed E-state index contributed by atoms with van der Waals surface area (Å²) in [5.74, 6) is -3.72. The number of halogens is 3. The van der Waals surface area contributed by atoms with Gasteiger partial charge < -0.3 is 5.32 Å². The third kappa shape index (κ3) is 2.07. The third-order valence-electron chi connectivity index (χ3n) is 3.39. The standard InChI is InChI=1S/C15H12F3N/c16-12-5-4-11(14(17)15(12)18)9-3-6-13-10(8-9)2-1-7-19-13/h3-6,8,19H,1-2,7H2. The van der Waals surface area contributed by atoms with Gasteiger partial charge in [-0.05, 0) is 48.2 Å². The van der Waals surface area contributed by atoms with Crippen LogP contribution in [0.1, 0.15) is 12.0 Å². The van der Waals surface area contributed by atoms with Crippen LogP contribution >= 0.6 is 0 Å². The molecule has 1 heterocycles. The molecule has 0 aromatic heterocycles. The number of rotatable bonds is 1. The maximum absolute atomic E-state index is 13.7. The fourth-order valence-electron chi connectivity index (χ4n) is 2.39. The van der Waals surface area contributed by atoms with Crippen molar-refractivity contribution in [1.82, 2.24) is 0 Å². The van der Waals surface area contributed by atoms with Crippen molar-refractivity contribution >= 4 is 5.69 Å². The third-order valence-corrected chi connectivity index (χ3v) is 3.39. The van der Waals surface area contributed by atoms with Gasteiger partial charge in [0.05, 0.1) is 0 Å². The van der Waals surface area contributed by atoms with Gasteiger partial charge in [-0.25, -0.2) is 13.2 Å². The van der Waals surface area contributed by atoms with Gasteiger partial charge in [-0.15, -0.1) is 0 Å². The first-order chi connectivity index (χ1) is 9.16. The minimum Gasteiger partial charge on any atom is -0.385 e. The summed E-state index contributed by atoms with van der Waals surface area (Å²) in [6.07, 6.45) is 1.91. The van der Waals surface area contributed by atoms with E-state index >= 15 is 0 Å². The number of anilines is 1. The molecule has 0 amide bonds. The van der Waals surface area contributed by atoms with Gasteiger partial charge in [-0.1, -0.05) is 6.07 Å². The van der Waals surface area contributed by atoms with E-state index in [0.29, 0.717) is 5.56 Å². The Balaban J connectivity index is 2.10. The fraction of sp³-hybridized carbons (Fsp3) is 0.200. The molecular formula is C15H12F3N. The van der Waals surface area contributed by atoms with Crippen molar-refractivity contribution in [3.63, 3.8) is 0 Å². The van der Waals surface area contributed by atoms with Gasteiger partial charge in [0.1, 0.15) is 0 Å². The zero-order valence-electron chi connectivity index (χ0n) is 10.1. The predicted molar refractivity (Wildman–Crippen MR) is 68.6 cm³/mol. The van der Waals surface area contributed by atoms with Crippen LogP contribution in [0.3, 0.4) is 0 Å². The average Bonchev–Trinajstić information content (AvgIpc) is 2.44. The van der Waals surface area contributed by atoms with Gasteiger partial charge in [0.2, 0.25) is 0 Å². The van der Waals surface area contributed by atoms with Crippen molar-refractivity contribution in [1.29, 1.82) is 0 Å². The first-order valence-electron chi connectivity index (χ1n) is 6.17. The van der Waals surface area contributed by atoms with Gasteiger partial charge >= 0.3 is 0 Å². The van der Waals surface area contributed by atoms with E-state index in [1.54, 1.807) is 6.07 Å². The molecule has 4 heteroatoms. The van der Waals surface area contributed by atoms with E-state index in [9.17, 15) is 13.2 Å². The molecule has 0 radical (unpaired) electrons. The molecular weight excluding hydrogens is 251 g/mol. The summed E-state index contributed by atoms with van der Waals surface area (Å²) in [4.78, 5) is 0. The number of hydrogen-bond acceptors (Lipinski definition) is 1. The van der Waals surface area contributed by atoms with Crippen LogP contribution in [0.15, 0.2) is 30.3 Å². The lowest BCUT2D eigenvalue weighted by atomic mass is 9.97. The van der Waals surface area contributed by atoms with Crippen molar-refractivity contribution < 1.29 is 13.2 Å². The maximum Gasteiger partial charge on any atom is 0.195 e. The molecule has 0 bridgehead atoms. The minimum atomic E-state index is -1.42. The van der Waals surface area contributed by atoms with Gasteiger partial charge in [0, 0.05) is 17.8 Å². The molecule has 19 heavy (non-hydrogen) atoms. The molecule has 0 unspecified atom stereocenters. The average molecular weight is 263 g/mol. The Morgan fingerprint density at radius 2 is 1.79 bits per heavy atom. The van der Waals surface area contributed by atoms with Crippen LogP contribution in [-0.2, 0) is 6.42 Å². The van der Waals surface area contributed by atoms with Crippen molar-refractivity contribution in [3.8, 4) is 11.1 Å². The quantitative estimate of drug-likeness (QED) is 0.763. The van der Waals surface area contributed by atoms with Crippen LogP contribution in [0, 0.1) is 17.5 Å². The molecule has 2 aromatic carbocycles. The summed E-state index contributed by atoms with van der Waals surface area (Å²) in [5, 5.41) is 3.25. The summed E-state index contributed by atoms with van der Waals surface area (Å²) in [6.45, 7) is 0.923. The number of hydrogen-bond donors (Lipinski definition) is 1.